The van der Waals surface area contributed by atoms with Gasteiger partial charge in [0.2, 0.25) is 0 Å². The Kier molecular flexibility index (Phi) is 4.47. The fourth-order valence-corrected chi connectivity index (χ4v) is 0.774. The molecule has 0 aliphatic heterocycles. The first-order valence-corrected chi connectivity index (χ1v) is 3.26. The monoisotopic (exact) mass is 126 g/mol. The van der Waals surface area contributed by atoms with Crippen LogP contribution in [0.5, 0.6) is 0 Å². The molecule has 0 aromatic heterocycles. The summed E-state index contributed by atoms with van der Waals surface area (Å²) in [6.07, 6.45) is 3.72. The molecule has 0 aliphatic rings. The third-order valence-corrected chi connectivity index (χ3v) is 1.30. The topological polar surface area (TPSA) is 0 Å². The third-order valence-electron chi connectivity index (χ3n) is 0.622. The highest BCUT2D eigenvalue weighted by atomic mass is 32.2. The van der Waals surface area contributed by atoms with Crippen molar-refractivity contribution in [2.75, 3.05) is 0 Å². The molecule has 0 N–H and O–H groups in total. The molecule has 44 valence electrons. The number of hydrogen-bond acceptors (Lipinski definition) is 1. The van der Waals surface area contributed by atoms with Crippen LogP contribution < -0.4 is 0 Å². The Morgan fingerprint density at radius 1 is 1.50 bits per heavy atom. The van der Waals surface area contributed by atoms with E-state index >= 15 is 0 Å². The van der Waals surface area contributed by atoms with Crippen molar-refractivity contribution in [1.82, 2.24) is 0 Å². The molecule has 0 radical (unpaired) electrons. The number of rotatable bonds is 3. The van der Waals surface area contributed by atoms with Gasteiger partial charge in [0.15, 0.2) is 0 Å². The van der Waals surface area contributed by atoms with Crippen LogP contribution in [-0.4, -0.2) is 0 Å². The zero-order chi connectivity index (χ0) is 6.41. The van der Waals surface area contributed by atoms with Crippen LogP contribution in [0.25, 0.3) is 0 Å². The lowest BCUT2D eigenvalue weighted by Gasteiger charge is -1.87. The van der Waals surface area contributed by atoms with E-state index in [1.165, 1.54) is 4.91 Å². The third kappa shape index (κ3) is 3.75. The van der Waals surface area contributed by atoms with Crippen LogP contribution in [0.2, 0.25) is 0 Å². The Balaban J connectivity index is 3.60. The van der Waals surface area contributed by atoms with Crippen molar-refractivity contribution in [1.29, 1.82) is 0 Å². The minimum Gasteiger partial charge on any atom is -0.103 e. The molecular weight excluding hydrogens is 116 g/mol. The first-order chi connectivity index (χ1) is 3.81. The van der Waals surface area contributed by atoms with Crippen molar-refractivity contribution in [2.24, 2.45) is 0 Å². The van der Waals surface area contributed by atoms with Crippen molar-refractivity contribution in [2.45, 2.75) is 6.92 Å². The fourth-order valence-electron chi connectivity index (χ4n) is 0.337. The molecule has 0 saturated heterocycles. The van der Waals surface area contributed by atoms with E-state index in [0.29, 0.717) is 0 Å². The van der Waals surface area contributed by atoms with Gasteiger partial charge in [0.05, 0.1) is 0 Å². The average molecular weight is 126 g/mol. The molecule has 8 heavy (non-hydrogen) atoms. The van der Waals surface area contributed by atoms with Gasteiger partial charge >= 0.3 is 0 Å². The highest BCUT2D eigenvalue weighted by molar-refractivity contribution is 8.05. The summed E-state index contributed by atoms with van der Waals surface area (Å²) in [4.78, 5) is 1.22. The van der Waals surface area contributed by atoms with E-state index in [9.17, 15) is 0 Å². The van der Waals surface area contributed by atoms with Gasteiger partial charge in [0, 0.05) is 0 Å². The largest absolute Gasteiger partial charge is 0.103 e. The van der Waals surface area contributed by atoms with Crippen molar-refractivity contribution >= 4 is 11.8 Å². The molecule has 0 atom stereocenters. The molecule has 0 heterocycles. The maximum atomic E-state index is 3.57. The molecular formula is C7H10S. The van der Waals surface area contributed by atoms with Crippen LogP contribution in [0, 0.1) is 0 Å². The van der Waals surface area contributed by atoms with E-state index in [2.05, 4.69) is 13.2 Å². The SMILES string of the molecule is C=C/C=C(\C)SC=C. The van der Waals surface area contributed by atoms with Crippen LogP contribution in [0.4, 0.5) is 0 Å². The Morgan fingerprint density at radius 2 is 2.12 bits per heavy atom. The summed E-state index contributed by atoms with van der Waals surface area (Å²) < 4.78 is 0. The lowest BCUT2D eigenvalue weighted by atomic mass is 10.5. The van der Waals surface area contributed by atoms with Crippen molar-refractivity contribution in [3.05, 3.63) is 35.6 Å². The number of allylic oxidation sites excluding steroid dienone is 3. The van der Waals surface area contributed by atoms with Gasteiger partial charge in [-0.15, -0.1) is 11.8 Å². The van der Waals surface area contributed by atoms with Crippen molar-refractivity contribution < 1.29 is 0 Å². The summed E-state index contributed by atoms with van der Waals surface area (Å²) in [6.45, 7) is 9.15. The quantitative estimate of drug-likeness (QED) is 0.524. The Labute approximate surface area is 55.0 Å². The van der Waals surface area contributed by atoms with E-state index in [0.717, 1.165) is 0 Å². The molecule has 0 aromatic rings. The molecule has 0 bridgehead atoms. The normalized spacial score (nSPS) is 10.9. The smallest absolute Gasteiger partial charge is 0.0140 e. The fraction of sp³-hybridized carbons (Fsp3) is 0.143. The number of thioether (sulfide) groups is 1. The Bertz CT molecular complexity index is 112. The summed E-state index contributed by atoms with van der Waals surface area (Å²) in [5.74, 6) is 0. The lowest BCUT2D eigenvalue weighted by molar-refractivity contribution is 1.68. The van der Waals surface area contributed by atoms with E-state index in [4.69, 9.17) is 0 Å². The summed E-state index contributed by atoms with van der Waals surface area (Å²) >= 11 is 1.61. The molecule has 0 rings (SSSR count). The minimum atomic E-state index is 1.22. The predicted octanol–water partition coefficient (Wildman–Crippen LogP) is 2.95. The van der Waals surface area contributed by atoms with Gasteiger partial charge in [-0.1, -0.05) is 25.3 Å². The second kappa shape index (κ2) is 4.72. The maximum absolute atomic E-state index is 3.57. The standard InChI is InChI=1S/C7H10S/c1-4-6-7(3)8-5-2/h4-6H,1-2H2,3H3/b7-6+. The van der Waals surface area contributed by atoms with E-state index < -0.39 is 0 Å². The minimum absolute atomic E-state index is 1.22. The Hall–Kier alpha value is -0.430. The van der Waals surface area contributed by atoms with E-state index in [1.807, 2.05) is 13.0 Å². The first kappa shape index (κ1) is 7.57. The summed E-state index contributed by atoms with van der Waals surface area (Å²) in [6, 6.07) is 0. The summed E-state index contributed by atoms with van der Waals surface area (Å²) in [5, 5.41) is 1.80. The van der Waals surface area contributed by atoms with Crippen molar-refractivity contribution in [3.63, 3.8) is 0 Å². The van der Waals surface area contributed by atoms with Crippen molar-refractivity contribution in [3.8, 4) is 0 Å². The second-order valence-corrected chi connectivity index (χ2v) is 2.51. The highest BCUT2D eigenvalue weighted by Crippen LogP contribution is 2.13. The molecule has 0 saturated carbocycles. The summed E-state index contributed by atoms with van der Waals surface area (Å²) in [7, 11) is 0. The van der Waals surface area contributed by atoms with Crippen LogP contribution in [0.15, 0.2) is 35.6 Å². The van der Waals surface area contributed by atoms with Gasteiger partial charge in [0.25, 0.3) is 0 Å². The van der Waals surface area contributed by atoms with Crippen LogP contribution in [-0.2, 0) is 0 Å². The maximum Gasteiger partial charge on any atom is -0.0140 e. The van der Waals surface area contributed by atoms with Gasteiger partial charge < -0.3 is 0 Å². The Morgan fingerprint density at radius 3 is 2.50 bits per heavy atom. The van der Waals surface area contributed by atoms with Gasteiger partial charge in [0.1, 0.15) is 0 Å². The first-order valence-electron chi connectivity index (χ1n) is 2.38. The lowest BCUT2D eigenvalue weighted by Crippen LogP contribution is -1.57. The van der Waals surface area contributed by atoms with Gasteiger partial charge in [-0.3, -0.25) is 0 Å². The molecule has 1 heteroatoms. The molecule has 0 aliphatic carbocycles. The molecule has 0 nitrogen and oxygen atoms in total. The number of hydrogen-bond donors (Lipinski definition) is 0. The van der Waals surface area contributed by atoms with Crippen LogP contribution >= 0.6 is 11.8 Å². The zero-order valence-corrected chi connectivity index (χ0v) is 5.87. The predicted molar refractivity (Wildman–Crippen MR) is 41.7 cm³/mol. The average Bonchev–Trinajstić information content (AvgIpc) is 1.68. The van der Waals surface area contributed by atoms with Gasteiger partial charge in [-0.2, -0.15) is 0 Å². The van der Waals surface area contributed by atoms with Crippen LogP contribution in [0.3, 0.4) is 0 Å². The molecule has 0 fully saturated rings. The molecule has 0 spiro atoms. The molecule has 0 aromatic carbocycles. The second-order valence-electron chi connectivity index (χ2n) is 1.30. The van der Waals surface area contributed by atoms with E-state index in [-0.39, 0.29) is 0 Å². The van der Waals surface area contributed by atoms with E-state index in [1.54, 1.807) is 23.2 Å². The zero-order valence-electron chi connectivity index (χ0n) is 5.05. The molecule has 0 amide bonds. The van der Waals surface area contributed by atoms with Gasteiger partial charge in [-0.25, -0.2) is 0 Å². The highest BCUT2D eigenvalue weighted by Gasteiger charge is 1.78. The van der Waals surface area contributed by atoms with Gasteiger partial charge in [-0.05, 0) is 17.2 Å². The summed E-state index contributed by atoms with van der Waals surface area (Å²) in [5.41, 5.74) is 0. The molecule has 0 unspecified atom stereocenters. The van der Waals surface area contributed by atoms with Crippen LogP contribution in [0.1, 0.15) is 6.92 Å².